The number of hydrogen-bond acceptors (Lipinski definition) is 3. The summed E-state index contributed by atoms with van der Waals surface area (Å²) in [7, 11) is 3.51. The molecule has 0 saturated heterocycles. The fourth-order valence-corrected chi connectivity index (χ4v) is 1.17. The van der Waals surface area contributed by atoms with Crippen LogP contribution in [0.25, 0.3) is 0 Å². The molecular formula is C11H15ClFNO3. The van der Waals surface area contributed by atoms with E-state index in [1.807, 2.05) is 0 Å². The predicted octanol–water partition coefficient (Wildman–Crippen LogP) is 1.64. The van der Waals surface area contributed by atoms with Gasteiger partial charge < -0.3 is 14.7 Å². The van der Waals surface area contributed by atoms with Crippen molar-refractivity contribution in [3.05, 3.63) is 30.1 Å². The van der Waals surface area contributed by atoms with Crippen LogP contribution >= 0.6 is 12.4 Å². The number of carboxylic acids is 1. The smallest absolute Gasteiger partial charge is 0.346 e. The highest BCUT2D eigenvalue weighted by atomic mass is 35.5. The molecule has 6 heteroatoms. The Morgan fingerprint density at radius 1 is 1.41 bits per heavy atom. The third-order valence-electron chi connectivity index (χ3n) is 1.90. The summed E-state index contributed by atoms with van der Waals surface area (Å²) < 4.78 is 17.8. The van der Waals surface area contributed by atoms with Crippen molar-refractivity contribution in [3.8, 4) is 5.75 Å². The zero-order valence-electron chi connectivity index (χ0n) is 9.59. The Balaban J connectivity index is 0.00000256. The molecule has 1 unspecified atom stereocenters. The van der Waals surface area contributed by atoms with E-state index in [1.54, 1.807) is 19.0 Å². The Labute approximate surface area is 105 Å². The van der Waals surface area contributed by atoms with Gasteiger partial charge in [0.1, 0.15) is 11.6 Å². The van der Waals surface area contributed by atoms with Gasteiger partial charge in [0.05, 0.1) is 0 Å². The van der Waals surface area contributed by atoms with Gasteiger partial charge in [-0.15, -0.1) is 12.4 Å². The molecule has 96 valence electrons. The van der Waals surface area contributed by atoms with Crippen molar-refractivity contribution < 1.29 is 19.0 Å². The number of benzene rings is 1. The molecule has 1 rings (SSSR count). The van der Waals surface area contributed by atoms with Crippen LogP contribution in [0, 0.1) is 5.82 Å². The van der Waals surface area contributed by atoms with Crippen LogP contribution in [-0.4, -0.2) is 42.7 Å². The number of hydrogen-bond donors (Lipinski definition) is 1. The molecule has 0 fully saturated rings. The van der Waals surface area contributed by atoms with Gasteiger partial charge in [-0.3, -0.25) is 0 Å². The Morgan fingerprint density at radius 2 is 1.94 bits per heavy atom. The van der Waals surface area contributed by atoms with Crippen molar-refractivity contribution in [2.45, 2.75) is 6.10 Å². The summed E-state index contributed by atoms with van der Waals surface area (Å²) in [5, 5.41) is 8.91. The summed E-state index contributed by atoms with van der Waals surface area (Å²) in [4.78, 5) is 12.6. The van der Waals surface area contributed by atoms with Crippen LogP contribution < -0.4 is 4.74 Å². The predicted molar refractivity (Wildman–Crippen MR) is 64.3 cm³/mol. The number of carbonyl (C=O) groups is 1. The molecule has 1 aromatic carbocycles. The van der Waals surface area contributed by atoms with Crippen LogP contribution in [0.5, 0.6) is 5.75 Å². The van der Waals surface area contributed by atoms with Gasteiger partial charge in [-0.25, -0.2) is 9.18 Å². The van der Waals surface area contributed by atoms with Crippen LogP contribution in [-0.2, 0) is 4.79 Å². The second-order valence-electron chi connectivity index (χ2n) is 3.66. The highest BCUT2D eigenvalue weighted by Gasteiger charge is 2.20. The first kappa shape index (κ1) is 15.7. The lowest BCUT2D eigenvalue weighted by atomic mass is 10.3. The molecule has 1 N–H and O–H groups in total. The fraction of sp³-hybridized carbons (Fsp3) is 0.364. The fourth-order valence-electron chi connectivity index (χ4n) is 1.17. The Hall–Kier alpha value is -1.33. The van der Waals surface area contributed by atoms with E-state index in [2.05, 4.69) is 0 Å². The van der Waals surface area contributed by atoms with E-state index in [9.17, 15) is 9.18 Å². The SMILES string of the molecule is CN(C)CC(Oc1ccc(F)cc1)C(=O)O.Cl. The summed E-state index contributed by atoms with van der Waals surface area (Å²) >= 11 is 0. The minimum atomic E-state index is -1.04. The van der Waals surface area contributed by atoms with Gasteiger partial charge in [0.25, 0.3) is 0 Å². The van der Waals surface area contributed by atoms with Gasteiger partial charge >= 0.3 is 5.97 Å². The van der Waals surface area contributed by atoms with Crippen LogP contribution in [0.3, 0.4) is 0 Å². The third-order valence-corrected chi connectivity index (χ3v) is 1.90. The van der Waals surface area contributed by atoms with E-state index in [1.165, 1.54) is 24.3 Å². The molecule has 0 aliphatic carbocycles. The first-order chi connectivity index (χ1) is 7.49. The monoisotopic (exact) mass is 263 g/mol. The maximum absolute atomic E-state index is 12.6. The Kier molecular flexibility index (Phi) is 6.53. The van der Waals surface area contributed by atoms with Gasteiger partial charge in [0, 0.05) is 6.54 Å². The van der Waals surface area contributed by atoms with Crippen LogP contribution in [0.2, 0.25) is 0 Å². The second kappa shape index (κ2) is 7.09. The van der Waals surface area contributed by atoms with Gasteiger partial charge in [0.2, 0.25) is 6.10 Å². The average Bonchev–Trinajstić information content (AvgIpc) is 2.19. The quantitative estimate of drug-likeness (QED) is 0.877. The topological polar surface area (TPSA) is 49.8 Å². The molecule has 0 saturated carbocycles. The molecule has 0 amide bonds. The second-order valence-corrected chi connectivity index (χ2v) is 3.66. The lowest BCUT2D eigenvalue weighted by Crippen LogP contribution is -2.37. The molecule has 4 nitrogen and oxygen atoms in total. The van der Waals surface area contributed by atoms with E-state index in [0.29, 0.717) is 5.75 Å². The highest BCUT2D eigenvalue weighted by Crippen LogP contribution is 2.13. The molecule has 0 aliphatic heterocycles. The maximum atomic E-state index is 12.6. The summed E-state index contributed by atoms with van der Waals surface area (Å²) in [6, 6.07) is 5.26. The van der Waals surface area contributed by atoms with Crippen LogP contribution in [0.4, 0.5) is 4.39 Å². The first-order valence-corrected chi connectivity index (χ1v) is 4.79. The van der Waals surface area contributed by atoms with Crippen molar-refractivity contribution in [3.63, 3.8) is 0 Å². The zero-order valence-corrected chi connectivity index (χ0v) is 10.4. The number of rotatable bonds is 5. The summed E-state index contributed by atoms with van der Waals surface area (Å²) in [5.41, 5.74) is 0. The summed E-state index contributed by atoms with van der Waals surface area (Å²) in [5.74, 6) is -1.08. The first-order valence-electron chi connectivity index (χ1n) is 4.79. The average molecular weight is 264 g/mol. The standard InChI is InChI=1S/C11H14FNO3.ClH/c1-13(2)7-10(11(14)15)16-9-5-3-8(12)4-6-9;/h3-6,10H,7H2,1-2H3,(H,14,15);1H. The molecule has 0 heterocycles. The number of nitrogens with zero attached hydrogens (tertiary/aromatic N) is 1. The molecule has 0 bridgehead atoms. The number of aliphatic carboxylic acids is 1. The number of halogens is 2. The Morgan fingerprint density at radius 3 is 2.35 bits per heavy atom. The lowest BCUT2D eigenvalue weighted by Gasteiger charge is -2.18. The van der Waals surface area contributed by atoms with Gasteiger partial charge in [-0.1, -0.05) is 0 Å². The van der Waals surface area contributed by atoms with Gasteiger partial charge in [-0.2, -0.15) is 0 Å². The minimum Gasteiger partial charge on any atom is -0.478 e. The normalized spacial score (nSPS) is 11.8. The Bertz CT molecular complexity index is 356. The molecule has 0 radical (unpaired) electrons. The lowest BCUT2D eigenvalue weighted by molar-refractivity contribution is -0.145. The van der Waals surface area contributed by atoms with E-state index in [4.69, 9.17) is 9.84 Å². The van der Waals surface area contributed by atoms with E-state index in [-0.39, 0.29) is 24.8 Å². The van der Waals surface area contributed by atoms with E-state index in [0.717, 1.165) is 0 Å². The number of ether oxygens (including phenoxy) is 1. The third kappa shape index (κ3) is 5.51. The highest BCUT2D eigenvalue weighted by molar-refractivity contribution is 5.85. The van der Waals surface area contributed by atoms with Crippen LogP contribution in [0.15, 0.2) is 24.3 Å². The molecule has 1 aromatic rings. The summed E-state index contributed by atoms with van der Waals surface area (Å²) in [6.07, 6.45) is -0.958. The van der Waals surface area contributed by atoms with Crippen molar-refractivity contribution in [2.75, 3.05) is 20.6 Å². The van der Waals surface area contributed by atoms with E-state index < -0.39 is 12.1 Å². The van der Waals surface area contributed by atoms with Crippen molar-refractivity contribution in [2.24, 2.45) is 0 Å². The summed E-state index contributed by atoms with van der Waals surface area (Å²) in [6.45, 7) is 0.257. The molecule has 0 aromatic heterocycles. The molecular weight excluding hydrogens is 249 g/mol. The number of carboxylic acid groups (broad SMARTS) is 1. The zero-order chi connectivity index (χ0) is 12.1. The van der Waals surface area contributed by atoms with Gasteiger partial charge in [-0.05, 0) is 38.4 Å². The van der Waals surface area contributed by atoms with Crippen molar-refractivity contribution in [1.29, 1.82) is 0 Å². The largest absolute Gasteiger partial charge is 0.478 e. The maximum Gasteiger partial charge on any atom is 0.346 e. The van der Waals surface area contributed by atoms with E-state index >= 15 is 0 Å². The van der Waals surface area contributed by atoms with Crippen LogP contribution in [0.1, 0.15) is 0 Å². The minimum absolute atomic E-state index is 0. The molecule has 0 spiro atoms. The molecule has 0 aliphatic rings. The van der Waals surface area contributed by atoms with Crippen molar-refractivity contribution >= 4 is 18.4 Å². The van der Waals surface area contributed by atoms with Crippen molar-refractivity contribution in [1.82, 2.24) is 4.90 Å². The number of likely N-dealkylation sites (N-methyl/N-ethyl adjacent to an activating group) is 1. The molecule has 17 heavy (non-hydrogen) atoms. The molecule has 1 atom stereocenters. The van der Waals surface area contributed by atoms with Gasteiger partial charge in [0.15, 0.2) is 0 Å².